The maximum atomic E-state index is 10.8. The van der Waals surface area contributed by atoms with Crippen molar-refractivity contribution in [3.8, 4) is 0 Å². The minimum absolute atomic E-state index is 0.00532. The van der Waals surface area contributed by atoms with Crippen LogP contribution in [0.3, 0.4) is 0 Å². The van der Waals surface area contributed by atoms with Crippen LogP contribution in [-0.2, 0) is 6.54 Å². The molecule has 134 valence electrons. The molecule has 0 saturated heterocycles. The molecule has 0 fully saturated rings. The van der Waals surface area contributed by atoms with Gasteiger partial charge in [0.1, 0.15) is 5.52 Å². The van der Waals surface area contributed by atoms with Gasteiger partial charge < -0.3 is 4.57 Å². The van der Waals surface area contributed by atoms with Crippen molar-refractivity contribution in [2.45, 2.75) is 13.5 Å². The number of non-ortho nitro benzene ring substituents is 1. The number of hydrogen-bond donors (Lipinski definition) is 1. The van der Waals surface area contributed by atoms with Crippen molar-refractivity contribution < 1.29 is 4.92 Å². The van der Waals surface area contributed by atoms with Crippen LogP contribution in [0.5, 0.6) is 0 Å². The number of anilines is 1. The number of rotatable bonds is 5. The van der Waals surface area contributed by atoms with Gasteiger partial charge in [-0.05, 0) is 13.0 Å². The average molecular weight is 361 g/mol. The normalized spacial score (nSPS) is 11.4. The second-order valence-electron chi connectivity index (χ2n) is 5.79. The van der Waals surface area contributed by atoms with Crippen molar-refractivity contribution in [3.05, 3.63) is 64.2 Å². The quantitative estimate of drug-likeness (QED) is 0.331. The summed E-state index contributed by atoms with van der Waals surface area (Å²) in [7, 11) is 0. The molecule has 0 spiro atoms. The van der Waals surface area contributed by atoms with Crippen molar-refractivity contribution >= 4 is 39.9 Å². The van der Waals surface area contributed by atoms with E-state index in [-0.39, 0.29) is 11.6 Å². The molecule has 0 unspecified atom stereocenters. The Balaban J connectivity index is 1.64. The molecule has 9 heteroatoms. The Labute approximate surface area is 153 Å². The summed E-state index contributed by atoms with van der Waals surface area (Å²) in [5, 5.41) is 24.2. The summed E-state index contributed by atoms with van der Waals surface area (Å²) in [4.78, 5) is 14.9. The number of hydrazone groups is 1. The number of aromatic nitrogens is 4. The topological polar surface area (TPSA) is 111 Å². The Morgan fingerprint density at radius 1 is 1.22 bits per heavy atom. The average Bonchev–Trinajstić information content (AvgIpc) is 3.01. The van der Waals surface area contributed by atoms with Gasteiger partial charge in [0.15, 0.2) is 5.65 Å². The second-order valence-corrected chi connectivity index (χ2v) is 5.79. The van der Waals surface area contributed by atoms with Crippen LogP contribution < -0.4 is 5.43 Å². The highest BCUT2D eigenvalue weighted by Crippen LogP contribution is 2.26. The fraction of sp³-hybridized carbons (Fsp3) is 0.111. The molecule has 2 aromatic heterocycles. The number of nitro benzene ring substituents is 1. The fourth-order valence-electron chi connectivity index (χ4n) is 2.95. The maximum Gasteiger partial charge on any atom is 0.270 e. The lowest BCUT2D eigenvalue weighted by Crippen LogP contribution is -2.02. The molecule has 0 saturated carbocycles. The first kappa shape index (κ1) is 16.6. The van der Waals surface area contributed by atoms with E-state index in [1.165, 1.54) is 18.3 Å². The fourth-order valence-corrected chi connectivity index (χ4v) is 2.95. The van der Waals surface area contributed by atoms with Crippen LogP contribution in [-0.4, -0.2) is 30.9 Å². The molecule has 2 heterocycles. The van der Waals surface area contributed by atoms with Gasteiger partial charge >= 0.3 is 0 Å². The molecule has 1 N–H and O–H groups in total. The third-order valence-corrected chi connectivity index (χ3v) is 4.15. The molecule has 2 aromatic carbocycles. The summed E-state index contributed by atoms with van der Waals surface area (Å²) in [5.41, 5.74) is 5.84. The number of para-hydroxylation sites is 1. The molecule has 27 heavy (non-hydrogen) atoms. The number of nitrogens with one attached hydrogen (secondary N) is 1. The largest absolute Gasteiger partial charge is 0.324 e. The van der Waals surface area contributed by atoms with Crippen molar-refractivity contribution in [1.29, 1.82) is 0 Å². The van der Waals surface area contributed by atoms with Gasteiger partial charge in [-0.2, -0.15) is 10.1 Å². The molecule has 9 nitrogen and oxygen atoms in total. The van der Waals surface area contributed by atoms with Gasteiger partial charge in [-0.25, -0.2) is 5.43 Å². The third-order valence-electron chi connectivity index (χ3n) is 4.15. The predicted molar refractivity (Wildman–Crippen MR) is 103 cm³/mol. The minimum Gasteiger partial charge on any atom is -0.324 e. The van der Waals surface area contributed by atoms with E-state index in [2.05, 4.69) is 30.3 Å². The van der Waals surface area contributed by atoms with Crippen molar-refractivity contribution in [3.63, 3.8) is 0 Å². The lowest BCUT2D eigenvalue weighted by Gasteiger charge is -2.02. The van der Waals surface area contributed by atoms with Crippen molar-refractivity contribution in [1.82, 2.24) is 19.7 Å². The Hall–Kier alpha value is -3.88. The SMILES string of the molecule is CCn1c2ccccc2c2nnc(NN=Cc3cccc([N+](=O)[O-])c3)nc21. The van der Waals surface area contributed by atoms with Crippen LogP contribution in [0.25, 0.3) is 22.1 Å². The Kier molecular flexibility index (Phi) is 4.17. The number of nitro groups is 1. The molecular weight excluding hydrogens is 346 g/mol. The van der Waals surface area contributed by atoms with Gasteiger partial charge in [0.2, 0.25) is 0 Å². The number of fused-ring (bicyclic) bond motifs is 3. The Morgan fingerprint density at radius 2 is 2.07 bits per heavy atom. The summed E-state index contributed by atoms with van der Waals surface area (Å²) in [6.07, 6.45) is 1.47. The molecular formula is C18H15N7O2. The summed E-state index contributed by atoms with van der Waals surface area (Å²) >= 11 is 0. The highest BCUT2D eigenvalue weighted by Gasteiger charge is 2.13. The molecule has 0 amide bonds. The van der Waals surface area contributed by atoms with E-state index in [0.29, 0.717) is 5.56 Å². The zero-order valence-electron chi connectivity index (χ0n) is 14.4. The van der Waals surface area contributed by atoms with E-state index in [4.69, 9.17) is 0 Å². The van der Waals surface area contributed by atoms with Crippen LogP contribution in [0, 0.1) is 10.1 Å². The highest BCUT2D eigenvalue weighted by atomic mass is 16.6. The van der Waals surface area contributed by atoms with E-state index < -0.39 is 4.92 Å². The lowest BCUT2D eigenvalue weighted by molar-refractivity contribution is -0.384. The molecule has 0 radical (unpaired) electrons. The monoisotopic (exact) mass is 361 g/mol. The Morgan fingerprint density at radius 3 is 2.89 bits per heavy atom. The first-order chi connectivity index (χ1) is 13.2. The highest BCUT2D eigenvalue weighted by molar-refractivity contribution is 6.04. The standard InChI is InChI=1S/C18H15N7O2/c1-2-24-15-9-4-3-8-14(15)16-17(24)20-18(23-21-16)22-19-11-12-6-5-7-13(10-12)25(26)27/h3-11H,2H2,1H3,(H,20,22,23). The summed E-state index contributed by atoms with van der Waals surface area (Å²) in [6, 6.07) is 14.1. The van der Waals surface area contributed by atoms with Crippen molar-refractivity contribution in [2.24, 2.45) is 5.10 Å². The maximum absolute atomic E-state index is 10.8. The van der Waals surface area contributed by atoms with E-state index >= 15 is 0 Å². The van der Waals surface area contributed by atoms with Crippen LogP contribution >= 0.6 is 0 Å². The molecule has 4 aromatic rings. The summed E-state index contributed by atoms with van der Waals surface area (Å²) in [5.74, 6) is 0.252. The molecule has 0 bridgehead atoms. The molecule has 4 rings (SSSR count). The predicted octanol–water partition coefficient (Wildman–Crippen LogP) is 3.35. The van der Waals surface area contributed by atoms with Gasteiger partial charge in [-0.3, -0.25) is 10.1 Å². The summed E-state index contributed by atoms with van der Waals surface area (Å²) in [6.45, 7) is 2.79. The molecule has 0 atom stereocenters. The van der Waals surface area contributed by atoms with Crippen LogP contribution in [0.4, 0.5) is 11.6 Å². The van der Waals surface area contributed by atoms with E-state index in [1.807, 2.05) is 31.2 Å². The second kappa shape index (κ2) is 6.79. The van der Waals surface area contributed by atoms with Crippen molar-refractivity contribution in [2.75, 3.05) is 5.43 Å². The molecule has 0 aliphatic rings. The zero-order chi connectivity index (χ0) is 18.8. The van der Waals surface area contributed by atoms with Crippen LogP contribution in [0.2, 0.25) is 0 Å². The third kappa shape index (κ3) is 3.06. The number of benzene rings is 2. The molecule has 0 aliphatic heterocycles. The number of hydrogen-bond acceptors (Lipinski definition) is 7. The van der Waals surface area contributed by atoms with Crippen LogP contribution in [0.15, 0.2) is 53.6 Å². The zero-order valence-corrected chi connectivity index (χ0v) is 14.4. The Bertz CT molecular complexity index is 1180. The first-order valence-corrected chi connectivity index (χ1v) is 8.32. The minimum atomic E-state index is -0.449. The number of aryl methyl sites for hydroxylation is 1. The smallest absolute Gasteiger partial charge is 0.270 e. The lowest BCUT2D eigenvalue weighted by atomic mass is 10.2. The summed E-state index contributed by atoms with van der Waals surface area (Å²) < 4.78 is 2.06. The van der Waals surface area contributed by atoms with Crippen LogP contribution in [0.1, 0.15) is 12.5 Å². The first-order valence-electron chi connectivity index (χ1n) is 8.32. The van der Waals surface area contributed by atoms with E-state index in [9.17, 15) is 10.1 Å². The van der Waals surface area contributed by atoms with Gasteiger partial charge in [0.25, 0.3) is 11.6 Å². The number of nitrogens with zero attached hydrogens (tertiary/aromatic N) is 6. The van der Waals surface area contributed by atoms with E-state index in [0.717, 1.165) is 28.6 Å². The van der Waals surface area contributed by atoms with E-state index in [1.54, 1.807) is 12.1 Å². The van der Waals surface area contributed by atoms with Gasteiger partial charge in [-0.1, -0.05) is 30.3 Å². The van der Waals surface area contributed by atoms with Gasteiger partial charge in [0, 0.05) is 29.6 Å². The molecule has 0 aliphatic carbocycles. The van der Waals surface area contributed by atoms with Gasteiger partial charge in [-0.15, -0.1) is 10.2 Å². The van der Waals surface area contributed by atoms with Gasteiger partial charge in [0.05, 0.1) is 16.7 Å².